The molecule has 3 aromatic rings. The van der Waals surface area contributed by atoms with Gasteiger partial charge in [-0.3, -0.25) is 0 Å². The molecule has 4 rings (SSSR count). The standard InChI is InChI=1S/C23H24F4N4O2/c24-17-12-14(23(25,26)27)6-5-13(17)11-20(21-29-18-3-1-2-4-19(18)30-21)31-22(33)28-15-7-9-16(32)10-8-15/h1-6,12,15-16,20,32H,7-11H2,(H,29,30)(H2,28,31,33)/t15-,16-,20-/m1/s1. The maximum Gasteiger partial charge on any atom is 0.416 e. The van der Waals surface area contributed by atoms with Crippen molar-refractivity contribution in [2.24, 2.45) is 0 Å². The molecule has 10 heteroatoms. The van der Waals surface area contributed by atoms with Crippen LogP contribution in [0.15, 0.2) is 42.5 Å². The molecule has 2 aromatic carbocycles. The molecule has 0 unspecified atom stereocenters. The van der Waals surface area contributed by atoms with Crippen molar-refractivity contribution in [3.63, 3.8) is 0 Å². The van der Waals surface area contributed by atoms with Gasteiger partial charge in [-0.1, -0.05) is 18.2 Å². The van der Waals surface area contributed by atoms with Crippen molar-refractivity contribution in [3.8, 4) is 0 Å². The Balaban J connectivity index is 1.56. The van der Waals surface area contributed by atoms with E-state index in [-0.39, 0.29) is 24.1 Å². The molecule has 0 aliphatic heterocycles. The minimum absolute atomic E-state index is 0.0227. The number of nitrogens with one attached hydrogen (secondary N) is 3. The second kappa shape index (κ2) is 9.38. The van der Waals surface area contributed by atoms with E-state index < -0.39 is 29.6 Å². The molecule has 1 atom stereocenters. The molecule has 0 saturated heterocycles. The highest BCUT2D eigenvalue weighted by molar-refractivity contribution is 5.76. The van der Waals surface area contributed by atoms with Gasteiger partial charge in [-0.05, 0) is 55.5 Å². The Bertz CT molecular complexity index is 1090. The Hall–Kier alpha value is -3.14. The number of imidazole rings is 1. The molecular formula is C23H24F4N4O2. The first-order valence-electron chi connectivity index (χ1n) is 10.7. The number of urea groups is 1. The van der Waals surface area contributed by atoms with Crippen molar-refractivity contribution >= 4 is 17.1 Å². The predicted molar refractivity (Wildman–Crippen MR) is 114 cm³/mol. The van der Waals surface area contributed by atoms with Crippen LogP contribution >= 0.6 is 0 Å². The number of rotatable bonds is 5. The third kappa shape index (κ3) is 5.62. The summed E-state index contributed by atoms with van der Waals surface area (Å²) in [7, 11) is 0. The molecule has 0 spiro atoms. The Labute approximate surface area is 187 Å². The normalized spacial score (nSPS) is 19.9. The van der Waals surface area contributed by atoms with Crippen molar-refractivity contribution in [2.45, 2.75) is 56.5 Å². The molecule has 2 amide bonds. The number of carbonyl (C=O) groups excluding carboxylic acids is 1. The van der Waals surface area contributed by atoms with Gasteiger partial charge in [0.15, 0.2) is 0 Å². The van der Waals surface area contributed by atoms with Gasteiger partial charge in [0.05, 0.1) is 28.7 Å². The lowest BCUT2D eigenvalue weighted by Crippen LogP contribution is -2.45. The van der Waals surface area contributed by atoms with E-state index in [0.717, 1.165) is 12.1 Å². The first kappa shape index (κ1) is 23.0. The zero-order valence-corrected chi connectivity index (χ0v) is 17.6. The Morgan fingerprint density at radius 3 is 2.55 bits per heavy atom. The second-order valence-corrected chi connectivity index (χ2v) is 8.32. The van der Waals surface area contributed by atoms with Gasteiger partial charge in [0, 0.05) is 12.5 Å². The summed E-state index contributed by atoms with van der Waals surface area (Å²) in [5.41, 5.74) is 0.312. The number of hydrogen-bond donors (Lipinski definition) is 4. The molecule has 1 fully saturated rings. The van der Waals surface area contributed by atoms with Gasteiger partial charge in [-0.2, -0.15) is 13.2 Å². The Morgan fingerprint density at radius 1 is 1.15 bits per heavy atom. The second-order valence-electron chi connectivity index (χ2n) is 8.32. The van der Waals surface area contributed by atoms with Crippen LogP contribution in [-0.4, -0.2) is 33.3 Å². The van der Waals surface area contributed by atoms with Crippen LogP contribution in [0.2, 0.25) is 0 Å². The number of fused-ring (bicyclic) bond motifs is 1. The van der Waals surface area contributed by atoms with Gasteiger partial charge in [0.1, 0.15) is 11.6 Å². The first-order valence-corrected chi connectivity index (χ1v) is 10.7. The van der Waals surface area contributed by atoms with Crippen molar-refractivity contribution in [1.29, 1.82) is 0 Å². The number of amides is 2. The van der Waals surface area contributed by atoms with Gasteiger partial charge in [0.25, 0.3) is 0 Å². The summed E-state index contributed by atoms with van der Waals surface area (Å²) in [6, 6.07) is 8.14. The molecule has 1 heterocycles. The molecule has 33 heavy (non-hydrogen) atoms. The van der Waals surface area contributed by atoms with E-state index in [9.17, 15) is 27.5 Å². The average Bonchev–Trinajstić information content (AvgIpc) is 3.20. The maximum atomic E-state index is 14.5. The SMILES string of the molecule is O=C(N[C@H](Cc1ccc(C(F)(F)F)cc1F)c1nc2ccccc2[nH]1)N[C@H]1CC[C@H](O)CC1. The fraction of sp³-hybridized carbons (Fsp3) is 0.391. The van der Waals surface area contributed by atoms with Crippen LogP contribution in [0.5, 0.6) is 0 Å². The zero-order valence-electron chi connectivity index (χ0n) is 17.6. The van der Waals surface area contributed by atoms with Crippen molar-refractivity contribution in [1.82, 2.24) is 20.6 Å². The number of H-pyrrole nitrogens is 1. The summed E-state index contributed by atoms with van der Waals surface area (Å²) in [4.78, 5) is 20.3. The number of aromatic amines is 1. The quantitative estimate of drug-likeness (QED) is 0.416. The fourth-order valence-electron chi connectivity index (χ4n) is 4.07. The number of carbonyl (C=O) groups is 1. The lowest BCUT2D eigenvalue weighted by molar-refractivity contribution is -0.137. The molecule has 0 radical (unpaired) electrons. The van der Waals surface area contributed by atoms with Crippen LogP contribution < -0.4 is 10.6 Å². The van der Waals surface area contributed by atoms with Crippen LogP contribution in [0.25, 0.3) is 11.0 Å². The van der Waals surface area contributed by atoms with E-state index in [4.69, 9.17) is 0 Å². The summed E-state index contributed by atoms with van der Waals surface area (Å²) in [6.45, 7) is 0. The number of hydrogen-bond acceptors (Lipinski definition) is 3. The van der Waals surface area contributed by atoms with Crippen LogP contribution in [0.4, 0.5) is 22.4 Å². The number of alkyl halides is 3. The maximum absolute atomic E-state index is 14.5. The Morgan fingerprint density at radius 2 is 1.88 bits per heavy atom. The molecule has 0 bridgehead atoms. The van der Waals surface area contributed by atoms with Crippen LogP contribution in [0.1, 0.15) is 48.7 Å². The van der Waals surface area contributed by atoms with Crippen molar-refractivity contribution < 1.29 is 27.5 Å². The molecular weight excluding hydrogens is 440 g/mol. The van der Waals surface area contributed by atoms with Crippen LogP contribution in [-0.2, 0) is 12.6 Å². The molecule has 1 saturated carbocycles. The molecule has 4 N–H and O–H groups in total. The number of halogens is 4. The third-order valence-corrected chi connectivity index (χ3v) is 5.88. The zero-order chi connectivity index (χ0) is 23.6. The van der Waals surface area contributed by atoms with Gasteiger partial charge in [0.2, 0.25) is 0 Å². The smallest absolute Gasteiger partial charge is 0.393 e. The number of aromatic nitrogens is 2. The summed E-state index contributed by atoms with van der Waals surface area (Å²) in [5.74, 6) is -0.640. The topological polar surface area (TPSA) is 90.0 Å². The van der Waals surface area contributed by atoms with E-state index in [1.54, 1.807) is 18.2 Å². The van der Waals surface area contributed by atoms with Gasteiger partial charge >= 0.3 is 12.2 Å². The number of para-hydroxylation sites is 2. The predicted octanol–water partition coefficient (Wildman–Crippen LogP) is 4.61. The Kier molecular flexibility index (Phi) is 6.55. The number of aliphatic hydroxyl groups is 1. The lowest BCUT2D eigenvalue weighted by Gasteiger charge is -2.27. The minimum atomic E-state index is -4.65. The first-order chi connectivity index (χ1) is 15.7. The third-order valence-electron chi connectivity index (χ3n) is 5.88. The summed E-state index contributed by atoms with van der Waals surface area (Å²) < 4.78 is 53.2. The number of benzene rings is 2. The highest BCUT2D eigenvalue weighted by atomic mass is 19.4. The monoisotopic (exact) mass is 464 g/mol. The van der Waals surface area contributed by atoms with Gasteiger partial charge < -0.3 is 20.7 Å². The van der Waals surface area contributed by atoms with Crippen molar-refractivity contribution in [3.05, 3.63) is 65.2 Å². The molecule has 6 nitrogen and oxygen atoms in total. The van der Waals surface area contributed by atoms with Crippen LogP contribution in [0, 0.1) is 5.82 Å². The molecule has 1 aliphatic carbocycles. The highest BCUT2D eigenvalue weighted by Gasteiger charge is 2.32. The molecule has 176 valence electrons. The van der Waals surface area contributed by atoms with E-state index in [1.807, 2.05) is 6.07 Å². The largest absolute Gasteiger partial charge is 0.416 e. The highest BCUT2D eigenvalue weighted by Crippen LogP contribution is 2.31. The van der Waals surface area contributed by atoms with E-state index >= 15 is 0 Å². The van der Waals surface area contributed by atoms with E-state index in [0.29, 0.717) is 48.6 Å². The van der Waals surface area contributed by atoms with Crippen molar-refractivity contribution in [2.75, 3.05) is 0 Å². The fourth-order valence-corrected chi connectivity index (χ4v) is 4.07. The van der Waals surface area contributed by atoms with E-state index in [2.05, 4.69) is 20.6 Å². The lowest BCUT2D eigenvalue weighted by atomic mass is 9.93. The summed E-state index contributed by atoms with van der Waals surface area (Å²) >= 11 is 0. The van der Waals surface area contributed by atoms with Gasteiger partial charge in [-0.25, -0.2) is 14.2 Å². The summed E-state index contributed by atoms with van der Waals surface area (Å²) in [6.07, 6.45) is -2.65. The average molecular weight is 464 g/mol. The molecule has 1 aliphatic rings. The molecule has 1 aromatic heterocycles. The summed E-state index contributed by atoms with van der Waals surface area (Å²) in [5, 5.41) is 15.3. The van der Waals surface area contributed by atoms with Gasteiger partial charge in [-0.15, -0.1) is 0 Å². The minimum Gasteiger partial charge on any atom is -0.393 e. The van der Waals surface area contributed by atoms with Crippen LogP contribution in [0.3, 0.4) is 0 Å². The number of nitrogens with zero attached hydrogens (tertiary/aromatic N) is 1. The number of aliphatic hydroxyl groups excluding tert-OH is 1. The van der Waals surface area contributed by atoms with E-state index in [1.165, 1.54) is 0 Å².